The van der Waals surface area contributed by atoms with Crippen LogP contribution in [0.5, 0.6) is 5.75 Å². The van der Waals surface area contributed by atoms with Gasteiger partial charge in [-0.1, -0.05) is 88.1 Å². The molecule has 0 unspecified atom stereocenters. The van der Waals surface area contributed by atoms with Crippen molar-refractivity contribution in [3.63, 3.8) is 0 Å². The molecule has 0 aliphatic heterocycles. The van der Waals surface area contributed by atoms with Crippen molar-refractivity contribution >= 4 is 18.6 Å². The smallest absolute Gasteiger partial charge is 0.312 e. The molecule has 3 aromatic carbocycles. The van der Waals surface area contributed by atoms with Gasteiger partial charge in [-0.3, -0.25) is 4.79 Å². The fourth-order valence-corrected chi connectivity index (χ4v) is 4.39. The molecule has 35 heavy (non-hydrogen) atoms. The van der Waals surface area contributed by atoms with Gasteiger partial charge in [0, 0.05) is 16.9 Å². The molecule has 0 radical (unpaired) electrons. The molecule has 3 rings (SSSR count). The minimum absolute atomic E-state index is 0.193. The second kappa shape index (κ2) is 14.1. The molecule has 0 spiro atoms. The summed E-state index contributed by atoms with van der Waals surface area (Å²) in [5.41, 5.74) is 5.11. The topological polar surface area (TPSA) is 26.3 Å². The van der Waals surface area contributed by atoms with Gasteiger partial charge in [-0.15, -0.1) is 0 Å². The molecule has 0 aromatic heterocycles. The predicted molar refractivity (Wildman–Crippen MR) is 148 cm³/mol. The van der Waals surface area contributed by atoms with E-state index in [2.05, 4.69) is 50.7 Å². The molecule has 0 bridgehead atoms. The Labute approximate surface area is 215 Å². The summed E-state index contributed by atoms with van der Waals surface area (Å²) in [6.07, 6.45) is 9.34. The van der Waals surface area contributed by atoms with Gasteiger partial charge in [-0.25, -0.2) is 4.39 Å². The number of esters is 1. The van der Waals surface area contributed by atoms with Gasteiger partial charge in [-0.05, 0) is 60.1 Å². The molecule has 0 fully saturated rings. The van der Waals surface area contributed by atoms with Gasteiger partial charge in [0.25, 0.3) is 0 Å². The zero-order valence-corrected chi connectivity index (χ0v) is 21.9. The first-order chi connectivity index (χ1) is 17.0. The zero-order valence-electron chi connectivity index (χ0n) is 21.0. The normalized spacial score (nSPS) is 11.0. The van der Waals surface area contributed by atoms with Crippen LogP contribution in [-0.4, -0.2) is 11.7 Å². The van der Waals surface area contributed by atoms with E-state index in [1.165, 1.54) is 42.9 Å². The number of thiol groups is 1. The number of carbonyl (C=O) groups is 1. The highest BCUT2D eigenvalue weighted by Gasteiger charge is 2.17. The van der Waals surface area contributed by atoms with E-state index in [-0.39, 0.29) is 18.2 Å². The summed E-state index contributed by atoms with van der Waals surface area (Å²) >= 11 is 4.14. The van der Waals surface area contributed by atoms with E-state index in [0.717, 1.165) is 36.8 Å². The Morgan fingerprint density at radius 3 is 1.77 bits per heavy atom. The molecule has 3 aromatic rings. The number of ether oxygens (including phenoxy) is 1. The van der Waals surface area contributed by atoms with Gasteiger partial charge < -0.3 is 4.74 Å². The maximum absolute atomic E-state index is 15.4. The molecule has 0 saturated carbocycles. The number of hydrogen-bond donors (Lipinski definition) is 1. The number of benzene rings is 3. The average molecular weight is 493 g/mol. The van der Waals surface area contributed by atoms with Gasteiger partial charge in [0.1, 0.15) is 11.6 Å². The van der Waals surface area contributed by atoms with Crippen molar-refractivity contribution in [3.05, 3.63) is 77.6 Å². The molecule has 0 N–H and O–H groups in total. The van der Waals surface area contributed by atoms with Crippen LogP contribution >= 0.6 is 12.6 Å². The van der Waals surface area contributed by atoms with Gasteiger partial charge in [-0.2, -0.15) is 12.6 Å². The highest BCUT2D eigenvalue weighted by molar-refractivity contribution is 7.80. The maximum atomic E-state index is 15.4. The van der Waals surface area contributed by atoms with Crippen molar-refractivity contribution in [2.75, 3.05) is 5.75 Å². The standard InChI is InChI=1S/C31H37FO2S/c1-3-5-7-9-23-11-15-25(16-12-23)27-22-30(34-31(33)19-20-35)28(21-29(27)32)26-17-13-24(14-18-26)10-8-6-4-2/h11-18,21-22,35H,3-10,19-20H2,1-2H3. The van der Waals surface area contributed by atoms with E-state index in [1.807, 2.05) is 24.3 Å². The first kappa shape index (κ1) is 27.0. The summed E-state index contributed by atoms with van der Waals surface area (Å²) in [5, 5.41) is 0. The molecule has 0 saturated heterocycles. The largest absolute Gasteiger partial charge is 0.426 e. The Morgan fingerprint density at radius 2 is 1.29 bits per heavy atom. The van der Waals surface area contributed by atoms with E-state index in [0.29, 0.717) is 22.6 Å². The van der Waals surface area contributed by atoms with Crippen LogP contribution in [0.15, 0.2) is 60.7 Å². The first-order valence-electron chi connectivity index (χ1n) is 12.9. The predicted octanol–water partition coefficient (Wildman–Crippen LogP) is 8.85. The van der Waals surface area contributed by atoms with E-state index in [1.54, 1.807) is 6.07 Å². The Hall–Kier alpha value is -2.59. The van der Waals surface area contributed by atoms with Crippen molar-refractivity contribution < 1.29 is 13.9 Å². The minimum Gasteiger partial charge on any atom is -0.426 e. The van der Waals surface area contributed by atoms with Crippen LogP contribution in [0.1, 0.15) is 69.9 Å². The van der Waals surface area contributed by atoms with Crippen molar-refractivity contribution in [2.45, 2.75) is 71.6 Å². The SMILES string of the molecule is CCCCCc1ccc(-c2cc(OC(=O)CCS)c(-c3ccc(CCCCC)cc3)cc2F)cc1. The summed E-state index contributed by atoms with van der Waals surface area (Å²) in [6.45, 7) is 4.39. The molecule has 0 amide bonds. The Balaban J connectivity index is 1.91. The highest BCUT2D eigenvalue weighted by Crippen LogP contribution is 2.37. The lowest BCUT2D eigenvalue weighted by molar-refractivity contribution is -0.133. The van der Waals surface area contributed by atoms with Crippen molar-refractivity contribution in [3.8, 4) is 28.0 Å². The molecule has 0 atom stereocenters. The Bertz CT molecular complexity index is 1070. The van der Waals surface area contributed by atoms with Crippen LogP contribution in [0, 0.1) is 5.82 Å². The van der Waals surface area contributed by atoms with E-state index < -0.39 is 0 Å². The summed E-state index contributed by atoms with van der Waals surface area (Å²) in [7, 11) is 0. The number of halogens is 1. The molecular formula is C31H37FO2S. The summed E-state index contributed by atoms with van der Waals surface area (Å²) in [5.74, 6) is 0.0636. The number of unbranched alkanes of at least 4 members (excludes halogenated alkanes) is 4. The van der Waals surface area contributed by atoms with Gasteiger partial charge in [0.2, 0.25) is 0 Å². The fourth-order valence-electron chi connectivity index (χ4n) is 4.21. The zero-order chi connectivity index (χ0) is 25.0. The molecular weight excluding hydrogens is 455 g/mol. The molecule has 0 heterocycles. The number of hydrogen-bond acceptors (Lipinski definition) is 3. The average Bonchev–Trinajstić information content (AvgIpc) is 2.86. The Kier molecular flexibility index (Phi) is 10.9. The lowest BCUT2D eigenvalue weighted by Gasteiger charge is -2.14. The summed E-state index contributed by atoms with van der Waals surface area (Å²) in [6, 6.07) is 19.3. The summed E-state index contributed by atoms with van der Waals surface area (Å²) < 4.78 is 21.1. The first-order valence-corrected chi connectivity index (χ1v) is 13.5. The third-order valence-corrected chi connectivity index (χ3v) is 6.50. The maximum Gasteiger partial charge on any atom is 0.312 e. The monoisotopic (exact) mass is 492 g/mol. The fraction of sp³-hybridized carbons (Fsp3) is 0.387. The highest BCUT2D eigenvalue weighted by atomic mass is 32.1. The van der Waals surface area contributed by atoms with Gasteiger partial charge in [0.15, 0.2) is 0 Å². The van der Waals surface area contributed by atoms with Crippen LogP contribution < -0.4 is 4.74 Å². The summed E-state index contributed by atoms with van der Waals surface area (Å²) in [4.78, 5) is 12.3. The lowest BCUT2D eigenvalue weighted by Crippen LogP contribution is -2.09. The third kappa shape index (κ3) is 7.96. The Morgan fingerprint density at radius 1 is 0.771 bits per heavy atom. The third-order valence-electron chi connectivity index (χ3n) is 6.28. The van der Waals surface area contributed by atoms with Crippen LogP contribution in [-0.2, 0) is 17.6 Å². The lowest BCUT2D eigenvalue weighted by atomic mass is 9.96. The van der Waals surface area contributed by atoms with Crippen LogP contribution in [0.4, 0.5) is 4.39 Å². The molecule has 4 heteroatoms. The van der Waals surface area contributed by atoms with E-state index in [4.69, 9.17) is 4.74 Å². The van der Waals surface area contributed by atoms with Crippen LogP contribution in [0.2, 0.25) is 0 Å². The number of carbonyl (C=O) groups excluding carboxylic acids is 1. The van der Waals surface area contributed by atoms with Crippen molar-refractivity contribution in [1.82, 2.24) is 0 Å². The van der Waals surface area contributed by atoms with Crippen molar-refractivity contribution in [2.24, 2.45) is 0 Å². The number of aryl methyl sites for hydroxylation is 2. The molecule has 0 aliphatic rings. The van der Waals surface area contributed by atoms with Gasteiger partial charge in [0.05, 0.1) is 6.42 Å². The van der Waals surface area contributed by atoms with E-state index >= 15 is 4.39 Å². The van der Waals surface area contributed by atoms with Crippen molar-refractivity contribution in [1.29, 1.82) is 0 Å². The molecule has 2 nitrogen and oxygen atoms in total. The van der Waals surface area contributed by atoms with Gasteiger partial charge >= 0.3 is 5.97 Å². The second-order valence-electron chi connectivity index (χ2n) is 9.08. The minimum atomic E-state index is -0.374. The van der Waals surface area contributed by atoms with Crippen LogP contribution in [0.3, 0.4) is 0 Å². The molecule has 0 aliphatic carbocycles. The second-order valence-corrected chi connectivity index (χ2v) is 9.53. The quantitative estimate of drug-likeness (QED) is 0.112. The molecule has 186 valence electrons. The number of rotatable bonds is 13. The van der Waals surface area contributed by atoms with E-state index in [9.17, 15) is 4.79 Å². The van der Waals surface area contributed by atoms with Crippen LogP contribution in [0.25, 0.3) is 22.3 Å².